The molecule has 27 heavy (non-hydrogen) atoms. The third-order valence-electron chi connectivity index (χ3n) is 5.20. The molecule has 5 nitrogen and oxygen atoms in total. The number of fused-ring (bicyclic) bond motifs is 1. The predicted molar refractivity (Wildman–Crippen MR) is 108 cm³/mol. The number of anilines is 1. The second-order valence-corrected chi connectivity index (χ2v) is 7.28. The van der Waals surface area contributed by atoms with Crippen molar-refractivity contribution in [1.29, 1.82) is 0 Å². The van der Waals surface area contributed by atoms with Crippen molar-refractivity contribution in [3.05, 3.63) is 64.7 Å². The summed E-state index contributed by atoms with van der Waals surface area (Å²) in [5, 5.41) is 6.23. The highest BCUT2D eigenvalue weighted by atomic mass is 16.2. The molecule has 4 N–H and O–H groups in total. The molecule has 0 bridgehead atoms. The van der Waals surface area contributed by atoms with Gasteiger partial charge in [0.1, 0.15) is 0 Å². The average molecular weight is 365 g/mol. The van der Waals surface area contributed by atoms with Gasteiger partial charge in [0.15, 0.2) is 0 Å². The number of benzene rings is 2. The van der Waals surface area contributed by atoms with Gasteiger partial charge < -0.3 is 11.1 Å². The third-order valence-corrected chi connectivity index (χ3v) is 5.20. The van der Waals surface area contributed by atoms with Crippen molar-refractivity contribution in [2.24, 2.45) is 5.73 Å². The van der Waals surface area contributed by atoms with E-state index in [0.717, 1.165) is 6.42 Å². The zero-order chi connectivity index (χ0) is 19.4. The minimum absolute atomic E-state index is 0.0789. The zero-order valence-corrected chi connectivity index (χ0v) is 15.9. The number of nitrogens with one attached hydrogen (secondary N) is 2. The topological polar surface area (TPSA) is 84.2 Å². The molecule has 0 fully saturated rings. The van der Waals surface area contributed by atoms with E-state index in [2.05, 4.69) is 35.8 Å². The van der Waals surface area contributed by atoms with E-state index >= 15 is 0 Å². The van der Waals surface area contributed by atoms with Crippen LogP contribution in [0, 0.1) is 0 Å². The van der Waals surface area contributed by atoms with Gasteiger partial charge in [-0.25, -0.2) is 0 Å². The molecule has 0 unspecified atom stereocenters. The largest absolute Gasteiger partial charge is 0.366 e. The van der Waals surface area contributed by atoms with Crippen molar-refractivity contribution in [3.8, 4) is 0 Å². The Balaban J connectivity index is 1.59. The summed E-state index contributed by atoms with van der Waals surface area (Å²) in [5.74, 6) is -0.603. The van der Waals surface area contributed by atoms with Crippen LogP contribution < -0.4 is 16.4 Å². The van der Waals surface area contributed by atoms with Crippen LogP contribution in [0.5, 0.6) is 0 Å². The normalized spacial score (nSPS) is 15.5. The van der Waals surface area contributed by atoms with Gasteiger partial charge in [-0.1, -0.05) is 18.2 Å². The smallest absolute Gasteiger partial charge is 0.248 e. The van der Waals surface area contributed by atoms with Gasteiger partial charge in [-0.15, -0.1) is 0 Å². The molecule has 3 rings (SSSR count). The van der Waals surface area contributed by atoms with Crippen molar-refractivity contribution in [1.82, 2.24) is 5.32 Å². The molecular formula is C22H27N3O2. The Morgan fingerprint density at radius 2 is 1.63 bits per heavy atom. The van der Waals surface area contributed by atoms with Gasteiger partial charge in [0.25, 0.3) is 0 Å². The van der Waals surface area contributed by atoms with Gasteiger partial charge in [0.05, 0.1) is 6.04 Å². The first-order valence-electron chi connectivity index (χ1n) is 9.52. The maximum atomic E-state index is 12.5. The monoisotopic (exact) mass is 365 g/mol. The zero-order valence-electron chi connectivity index (χ0n) is 15.9. The van der Waals surface area contributed by atoms with E-state index in [1.54, 1.807) is 24.3 Å². The molecule has 5 heteroatoms. The lowest BCUT2D eigenvalue weighted by atomic mass is 9.89. The molecule has 0 aromatic heterocycles. The van der Waals surface area contributed by atoms with Crippen LogP contribution in [0.15, 0.2) is 42.5 Å². The maximum absolute atomic E-state index is 12.5. The number of carbonyl (C=O) groups is 2. The molecule has 0 heterocycles. The Kier molecular flexibility index (Phi) is 5.91. The highest BCUT2D eigenvalue weighted by Crippen LogP contribution is 2.25. The number of aryl methyl sites for hydroxylation is 2. The van der Waals surface area contributed by atoms with E-state index in [1.165, 1.54) is 36.0 Å². The van der Waals surface area contributed by atoms with Crippen LogP contribution in [0.2, 0.25) is 0 Å². The second kappa shape index (κ2) is 8.35. The van der Waals surface area contributed by atoms with Gasteiger partial charge in [0.2, 0.25) is 11.8 Å². The third kappa shape index (κ3) is 4.74. The lowest BCUT2D eigenvalue weighted by Gasteiger charge is -2.22. The van der Waals surface area contributed by atoms with E-state index in [9.17, 15) is 9.59 Å². The van der Waals surface area contributed by atoms with Gasteiger partial charge >= 0.3 is 0 Å². The molecule has 142 valence electrons. The highest BCUT2D eigenvalue weighted by molar-refractivity contribution is 5.96. The van der Waals surface area contributed by atoms with Crippen LogP contribution in [0.1, 0.15) is 59.8 Å². The van der Waals surface area contributed by atoms with Crippen molar-refractivity contribution < 1.29 is 9.59 Å². The van der Waals surface area contributed by atoms with E-state index in [1.807, 2.05) is 6.92 Å². The lowest BCUT2D eigenvalue weighted by Crippen LogP contribution is -2.39. The minimum Gasteiger partial charge on any atom is -0.366 e. The standard InChI is InChI=1S/C22H27N3O2/c1-14(18-8-7-16-5-3-4-6-19(16)13-18)24-15(2)22(27)25-20-11-9-17(10-12-20)21(23)26/h7-15,24H,3-6H2,1-2H3,(H2,23,26)(H,25,27)/t14-,15-/m1/s1. The van der Waals surface area contributed by atoms with E-state index in [-0.39, 0.29) is 18.0 Å². The average Bonchev–Trinajstić information content (AvgIpc) is 2.67. The highest BCUT2D eigenvalue weighted by Gasteiger charge is 2.18. The van der Waals surface area contributed by atoms with E-state index in [0.29, 0.717) is 11.3 Å². The quantitative estimate of drug-likeness (QED) is 0.734. The van der Waals surface area contributed by atoms with Crippen molar-refractivity contribution in [3.63, 3.8) is 0 Å². The Morgan fingerprint density at radius 3 is 2.30 bits per heavy atom. The van der Waals surface area contributed by atoms with Crippen LogP contribution >= 0.6 is 0 Å². The summed E-state index contributed by atoms with van der Waals surface area (Å²) >= 11 is 0. The molecule has 0 radical (unpaired) electrons. The van der Waals surface area contributed by atoms with Crippen molar-refractivity contribution in [2.45, 2.75) is 51.6 Å². The number of nitrogens with two attached hydrogens (primary N) is 1. The fourth-order valence-corrected chi connectivity index (χ4v) is 3.54. The molecule has 1 aliphatic carbocycles. The Hall–Kier alpha value is -2.66. The predicted octanol–water partition coefficient (Wildman–Crippen LogP) is 3.34. The first-order valence-corrected chi connectivity index (χ1v) is 9.52. The summed E-state index contributed by atoms with van der Waals surface area (Å²) in [6.07, 6.45) is 4.85. The Bertz CT molecular complexity index is 830. The molecule has 0 aliphatic heterocycles. The fraction of sp³-hybridized carbons (Fsp3) is 0.364. The lowest BCUT2D eigenvalue weighted by molar-refractivity contribution is -0.117. The molecule has 1 aliphatic rings. The van der Waals surface area contributed by atoms with Gasteiger partial charge in [-0.3, -0.25) is 14.9 Å². The van der Waals surface area contributed by atoms with Crippen LogP contribution in [-0.4, -0.2) is 17.9 Å². The van der Waals surface area contributed by atoms with E-state index < -0.39 is 5.91 Å². The SMILES string of the molecule is C[C@@H](N[C@H](C)c1ccc2c(c1)CCCC2)C(=O)Nc1ccc(C(N)=O)cc1. The molecule has 0 spiro atoms. The summed E-state index contributed by atoms with van der Waals surface area (Å²) in [6.45, 7) is 3.93. The maximum Gasteiger partial charge on any atom is 0.248 e. The number of amides is 2. The molecule has 0 saturated heterocycles. The van der Waals surface area contributed by atoms with Crippen LogP contribution in [0.4, 0.5) is 5.69 Å². The Morgan fingerprint density at radius 1 is 0.963 bits per heavy atom. The van der Waals surface area contributed by atoms with Gasteiger partial charge in [-0.2, -0.15) is 0 Å². The number of rotatable bonds is 6. The van der Waals surface area contributed by atoms with E-state index in [4.69, 9.17) is 5.73 Å². The molecule has 2 aromatic carbocycles. The summed E-state index contributed by atoms with van der Waals surface area (Å²) in [7, 11) is 0. The summed E-state index contributed by atoms with van der Waals surface area (Å²) in [5.41, 5.74) is 10.4. The fourth-order valence-electron chi connectivity index (χ4n) is 3.54. The van der Waals surface area contributed by atoms with Gasteiger partial charge in [-0.05, 0) is 80.5 Å². The van der Waals surface area contributed by atoms with Crippen molar-refractivity contribution in [2.75, 3.05) is 5.32 Å². The number of hydrogen-bond donors (Lipinski definition) is 3. The number of carbonyl (C=O) groups excluding carboxylic acids is 2. The number of primary amides is 1. The Labute approximate surface area is 160 Å². The molecule has 2 aromatic rings. The van der Waals surface area contributed by atoms with Crippen LogP contribution in [0.3, 0.4) is 0 Å². The summed E-state index contributed by atoms with van der Waals surface area (Å²) in [6, 6.07) is 13.0. The van der Waals surface area contributed by atoms with Gasteiger partial charge in [0, 0.05) is 17.3 Å². The molecule has 0 saturated carbocycles. The summed E-state index contributed by atoms with van der Waals surface area (Å²) < 4.78 is 0. The van der Waals surface area contributed by atoms with Crippen LogP contribution in [-0.2, 0) is 17.6 Å². The first kappa shape index (κ1) is 19.1. The van der Waals surface area contributed by atoms with Crippen LogP contribution in [0.25, 0.3) is 0 Å². The number of hydrogen-bond acceptors (Lipinski definition) is 3. The summed E-state index contributed by atoms with van der Waals surface area (Å²) in [4.78, 5) is 23.6. The first-order chi connectivity index (χ1) is 12.9. The minimum atomic E-state index is -0.484. The molecular weight excluding hydrogens is 338 g/mol. The van der Waals surface area contributed by atoms with Crippen molar-refractivity contribution >= 4 is 17.5 Å². The molecule has 2 atom stereocenters. The molecule has 2 amide bonds. The second-order valence-electron chi connectivity index (χ2n) is 7.28.